The lowest BCUT2D eigenvalue weighted by atomic mass is 10.1. The number of rotatable bonds is 7. The number of aromatic nitrogens is 4. The first-order chi connectivity index (χ1) is 12.4. The number of ether oxygens (including phenoxy) is 1. The van der Waals surface area contributed by atoms with E-state index in [-0.39, 0.29) is 6.42 Å². The number of fused-ring (bicyclic) bond motifs is 1. The molecule has 0 aliphatic rings. The van der Waals surface area contributed by atoms with E-state index in [1.807, 2.05) is 30.3 Å². The van der Waals surface area contributed by atoms with Gasteiger partial charge >= 0.3 is 7.60 Å². The molecular formula is C16H19N4O5P. The zero-order valence-electron chi connectivity index (χ0n) is 14.1. The monoisotopic (exact) mass is 378 g/mol. The highest BCUT2D eigenvalue weighted by atomic mass is 31.2. The van der Waals surface area contributed by atoms with Crippen molar-refractivity contribution in [3.05, 3.63) is 43.0 Å². The van der Waals surface area contributed by atoms with Crippen LogP contribution < -0.4 is 0 Å². The Kier molecular flexibility index (Phi) is 5.17. The summed E-state index contributed by atoms with van der Waals surface area (Å²) in [5.41, 5.74) is 0.989. The third-order valence-electron chi connectivity index (χ3n) is 4.12. The lowest BCUT2D eigenvalue weighted by Crippen LogP contribution is -2.40. The number of hydrogen-bond donors (Lipinski definition) is 3. The number of aliphatic hydroxyl groups is 1. The predicted molar refractivity (Wildman–Crippen MR) is 94.1 cm³/mol. The number of aliphatic hydroxyl groups excluding tert-OH is 1. The molecule has 1 atom stereocenters. The van der Waals surface area contributed by atoms with Gasteiger partial charge in [0.2, 0.25) is 0 Å². The molecule has 0 bridgehead atoms. The van der Waals surface area contributed by atoms with Crippen LogP contribution in [-0.4, -0.2) is 47.4 Å². The molecule has 1 aromatic carbocycles. The average Bonchev–Trinajstić information content (AvgIpc) is 3.08. The molecule has 0 aliphatic carbocycles. The summed E-state index contributed by atoms with van der Waals surface area (Å²) >= 11 is 0. The summed E-state index contributed by atoms with van der Waals surface area (Å²) in [7, 11) is -4.41. The second kappa shape index (κ2) is 7.22. The zero-order chi connectivity index (χ0) is 18.8. The SMILES string of the molecule is CCC(CO)(OCP(=O)(O)O)n1cnc2c(-c3ccccc3)ncnc21. The molecule has 0 aliphatic heterocycles. The van der Waals surface area contributed by atoms with E-state index in [1.165, 1.54) is 17.2 Å². The molecule has 0 saturated heterocycles. The Balaban J connectivity index is 2.11. The molecule has 3 aromatic rings. The van der Waals surface area contributed by atoms with E-state index in [0.29, 0.717) is 16.9 Å². The highest BCUT2D eigenvalue weighted by Gasteiger charge is 2.35. The Hall–Kier alpha value is -2.16. The Morgan fingerprint density at radius 2 is 1.92 bits per heavy atom. The number of imidazole rings is 1. The van der Waals surface area contributed by atoms with Crippen LogP contribution >= 0.6 is 7.60 Å². The van der Waals surface area contributed by atoms with Crippen molar-refractivity contribution in [2.24, 2.45) is 0 Å². The van der Waals surface area contributed by atoms with Crippen molar-refractivity contribution in [1.29, 1.82) is 0 Å². The first kappa shape index (κ1) is 18.6. The van der Waals surface area contributed by atoms with Crippen LogP contribution in [0.3, 0.4) is 0 Å². The minimum absolute atomic E-state index is 0.250. The van der Waals surface area contributed by atoms with Crippen molar-refractivity contribution in [1.82, 2.24) is 19.5 Å². The quantitative estimate of drug-likeness (QED) is 0.530. The van der Waals surface area contributed by atoms with Gasteiger partial charge < -0.3 is 19.6 Å². The molecule has 9 nitrogen and oxygen atoms in total. The van der Waals surface area contributed by atoms with Crippen molar-refractivity contribution >= 4 is 18.8 Å². The average molecular weight is 378 g/mol. The summed E-state index contributed by atoms with van der Waals surface area (Å²) in [4.78, 5) is 31.1. The maximum Gasteiger partial charge on any atom is 0.351 e. The van der Waals surface area contributed by atoms with Gasteiger partial charge in [0.05, 0.1) is 12.9 Å². The second-order valence-electron chi connectivity index (χ2n) is 5.77. The summed E-state index contributed by atoms with van der Waals surface area (Å²) < 4.78 is 18.2. The summed E-state index contributed by atoms with van der Waals surface area (Å²) in [5.74, 6) is 0. The number of hydrogen-bond acceptors (Lipinski definition) is 6. The van der Waals surface area contributed by atoms with Crippen molar-refractivity contribution in [2.75, 3.05) is 13.0 Å². The molecule has 1 unspecified atom stereocenters. The normalized spacial score (nSPS) is 14.5. The minimum atomic E-state index is -4.41. The molecule has 2 heterocycles. The number of nitrogens with zero attached hydrogens (tertiary/aromatic N) is 4. The van der Waals surface area contributed by atoms with E-state index < -0.39 is 26.3 Å². The first-order valence-electron chi connectivity index (χ1n) is 7.93. The lowest BCUT2D eigenvalue weighted by Gasteiger charge is -2.32. The van der Waals surface area contributed by atoms with E-state index in [4.69, 9.17) is 14.5 Å². The summed E-state index contributed by atoms with van der Waals surface area (Å²) in [6, 6.07) is 9.44. The fourth-order valence-electron chi connectivity index (χ4n) is 2.72. The van der Waals surface area contributed by atoms with Crippen LogP contribution in [0.1, 0.15) is 13.3 Å². The fraction of sp³-hybridized carbons (Fsp3) is 0.312. The Morgan fingerprint density at radius 3 is 2.54 bits per heavy atom. The smallest absolute Gasteiger partial charge is 0.351 e. The molecule has 0 spiro atoms. The van der Waals surface area contributed by atoms with E-state index in [9.17, 15) is 9.67 Å². The molecule has 10 heteroatoms. The topological polar surface area (TPSA) is 131 Å². The van der Waals surface area contributed by atoms with Gasteiger partial charge in [-0.2, -0.15) is 0 Å². The van der Waals surface area contributed by atoms with Gasteiger partial charge in [-0.1, -0.05) is 37.3 Å². The van der Waals surface area contributed by atoms with Crippen molar-refractivity contribution in [3.8, 4) is 11.3 Å². The molecule has 3 rings (SSSR count). The fourth-order valence-corrected chi connectivity index (χ4v) is 3.13. The molecule has 0 radical (unpaired) electrons. The summed E-state index contributed by atoms with van der Waals surface area (Å²) in [6.45, 7) is 1.24. The lowest BCUT2D eigenvalue weighted by molar-refractivity contribution is -0.125. The van der Waals surface area contributed by atoms with Crippen LogP contribution in [0.2, 0.25) is 0 Å². The van der Waals surface area contributed by atoms with Crippen LogP contribution in [0.5, 0.6) is 0 Å². The van der Waals surface area contributed by atoms with Crippen molar-refractivity contribution in [3.63, 3.8) is 0 Å². The number of benzene rings is 1. The van der Waals surface area contributed by atoms with Crippen molar-refractivity contribution in [2.45, 2.75) is 19.1 Å². The highest BCUT2D eigenvalue weighted by Crippen LogP contribution is 2.38. The Morgan fingerprint density at radius 1 is 1.19 bits per heavy atom. The maximum absolute atomic E-state index is 11.2. The Labute approximate surface area is 149 Å². The molecule has 0 saturated carbocycles. The van der Waals surface area contributed by atoms with Gasteiger partial charge in [0, 0.05) is 5.56 Å². The summed E-state index contributed by atoms with van der Waals surface area (Å²) in [6.07, 6.45) is 2.24. The van der Waals surface area contributed by atoms with Crippen molar-refractivity contribution < 1.29 is 24.2 Å². The third-order valence-corrected chi connectivity index (χ3v) is 4.59. The van der Waals surface area contributed by atoms with Gasteiger partial charge in [0.15, 0.2) is 17.7 Å². The molecule has 2 aromatic heterocycles. The molecule has 138 valence electrons. The van der Waals surface area contributed by atoms with E-state index in [0.717, 1.165) is 5.56 Å². The first-order valence-corrected chi connectivity index (χ1v) is 9.73. The highest BCUT2D eigenvalue weighted by molar-refractivity contribution is 7.51. The van der Waals surface area contributed by atoms with Crippen LogP contribution in [0.4, 0.5) is 0 Å². The third kappa shape index (κ3) is 3.53. The summed E-state index contributed by atoms with van der Waals surface area (Å²) in [5, 5.41) is 9.92. The van der Waals surface area contributed by atoms with Crippen LogP contribution in [0.25, 0.3) is 22.4 Å². The van der Waals surface area contributed by atoms with Gasteiger partial charge in [0.1, 0.15) is 17.5 Å². The van der Waals surface area contributed by atoms with Gasteiger partial charge in [-0.05, 0) is 6.42 Å². The molecule has 0 fully saturated rings. The van der Waals surface area contributed by atoms with Crippen LogP contribution in [-0.2, 0) is 15.0 Å². The Bertz CT molecular complexity index is 936. The molecule has 26 heavy (non-hydrogen) atoms. The molecule has 3 N–H and O–H groups in total. The van der Waals surface area contributed by atoms with Crippen LogP contribution in [0.15, 0.2) is 43.0 Å². The maximum atomic E-state index is 11.2. The van der Waals surface area contributed by atoms with Gasteiger partial charge in [0.25, 0.3) is 0 Å². The minimum Gasteiger partial charge on any atom is -0.391 e. The van der Waals surface area contributed by atoms with Gasteiger partial charge in [-0.25, -0.2) is 15.0 Å². The van der Waals surface area contributed by atoms with E-state index >= 15 is 0 Å². The zero-order valence-corrected chi connectivity index (χ0v) is 15.0. The van der Waals surface area contributed by atoms with Gasteiger partial charge in [-0.3, -0.25) is 9.13 Å². The second-order valence-corrected chi connectivity index (χ2v) is 7.36. The predicted octanol–water partition coefficient (Wildman–Crippen LogP) is 1.70. The molecular weight excluding hydrogens is 359 g/mol. The largest absolute Gasteiger partial charge is 0.391 e. The standard InChI is InChI=1S/C16H19N4O5P/c1-2-16(8-21,25-11-26(22,23)24)20-10-19-14-13(17-9-18-15(14)20)12-6-4-3-5-7-12/h3-7,9-10,21H,2,8,11H2,1H3,(H2,22,23,24). The van der Waals surface area contributed by atoms with Crippen LogP contribution in [0, 0.1) is 0 Å². The van der Waals surface area contributed by atoms with Gasteiger partial charge in [-0.15, -0.1) is 0 Å². The van der Waals surface area contributed by atoms with E-state index in [2.05, 4.69) is 15.0 Å². The van der Waals surface area contributed by atoms with E-state index in [1.54, 1.807) is 6.92 Å². The molecule has 0 amide bonds.